The van der Waals surface area contributed by atoms with E-state index in [4.69, 9.17) is 0 Å². The summed E-state index contributed by atoms with van der Waals surface area (Å²) in [6, 6.07) is 21.3. The summed E-state index contributed by atoms with van der Waals surface area (Å²) in [5.41, 5.74) is 5.87. The van der Waals surface area contributed by atoms with Gasteiger partial charge < -0.3 is 10.2 Å². The Kier molecular flexibility index (Phi) is 4.78. The largest absolute Gasteiger partial charge is 0.508 e. The maximum Gasteiger partial charge on any atom is 0.115 e. The minimum atomic E-state index is -0.194. The Morgan fingerprint density at radius 3 is 1.81 bits per heavy atom. The summed E-state index contributed by atoms with van der Waals surface area (Å²) in [6.45, 7) is 8.88. The molecule has 0 saturated carbocycles. The van der Waals surface area contributed by atoms with Gasteiger partial charge in [0.1, 0.15) is 11.5 Å². The number of phenolic OH excluding ortho intramolecular Hbond substituents is 2. The third-order valence-electron chi connectivity index (χ3n) is 5.12. The minimum absolute atomic E-state index is 0.194. The average molecular weight is 346 g/mol. The molecule has 0 atom stereocenters. The first-order valence-electron chi connectivity index (χ1n) is 9.03. The van der Waals surface area contributed by atoms with Gasteiger partial charge in [0.15, 0.2) is 0 Å². The first kappa shape index (κ1) is 18.1. The van der Waals surface area contributed by atoms with Crippen LogP contribution in [0.2, 0.25) is 0 Å². The Labute approximate surface area is 155 Å². The van der Waals surface area contributed by atoms with Crippen LogP contribution in [0.5, 0.6) is 11.5 Å². The van der Waals surface area contributed by atoms with Crippen molar-refractivity contribution in [2.24, 2.45) is 0 Å². The fraction of sp³-hybridized carbons (Fsp3) is 0.250. The number of hydrogen-bond donors (Lipinski definition) is 2. The molecule has 0 bridgehead atoms. The Morgan fingerprint density at radius 1 is 0.731 bits per heavy atom. The van der Waals surface area contributed by atoms with Crippen molar-refractivity contribution in [2.75, 3.05) is 0 Å². The van der Waals surface area contributed by atoms with E-state index in [9.17, 15) is 10.2 Å². The number of rotatable bonds is 4. The van der Waals surface area contributed by atoms with Crippen molar-refractivity contribution >= 4 is 0 Å². The zero-order valence-corrected chi connectivity index (χ0v) is 15.8. The van der Waals surface area contributed by atoms with Crippen LogP contribution in [0.4, 0.5) is 0 Å². The Morgan fingerprint density at radius 2 is 1.27 bits per heavy atom. The Balaban J connectivity index is 2.20. The molecule has 134 valence electrons. The van der Waals surface area contributed by atoms with Gasteiger partial charge in [-0.25, -0.2) is 0 Å². The SMILES string of the molecule is CC(C)c1c(-c2ccc(O)cc2)cccc1C(C)(C)c1ccc(O)cc1. The first-order valence-corrected chi connectivity index (χ1v) is 9.03. The standard InChI is InChI=1S/C24H26O2/c1-16(2)23-21(17-8-12-19(25)13-9-17)6-5-7-22(23)24(3,4)18-10-14-20(26)15-11-18/h5-16,25-26H,1-4H3. The fourth-order valence-electron chi connectivity index (χ4n) is 3.66. The van der Waals surface area contributed by atoms with Gasteiger partial charge in [0.25, 0.3) is 0 Å². The predicted octanol–water partition coefficient (Wildman–Crippen LogP) is 6.21. The normalized spacial score (nSPS) is 11.7. The van der Waals surface area contributed by atoms with E-state index in [2.05, 4.69) is 45.9 Å². The average Bonchev–Trinajstić information content (AvgIpc) is 2.62. The highest BCUT2D eigenvalue weighted by Gasteiger charge is 2.28. The second kappa shape index (κ2) is 6.87. The highest BCUT2D eigenvalue weighted by atomic mass is 16.3. The number of aromatic hydroxyl groups is 2. The van der Waals surface area contributed by atoms with Gasteiger partial charge in [-0.1, -0.05) is 70.2 Å². The number of phenols is 2. The van der Waals surface area contributed by atoms with Crippen molar-refractivity contribution in [2.45, 2.75) is 39.0 Å². The molecular weight excluding hydrogens is 320 g/mol. The lowest BCUT2D eigenvalue weighted by atomic mass is 9.72. The van der Waals surface area contributed by atoms with Gasteiger partial charge in [0.2, 0.25) is 0 Å². The van der Waals surface area contributed by atoms with Gasteiger partial charge in [-0.15, -0.1) is 0 Å². The highest BCUT2D eigenvalue weighted by Crippen LogP contribution is 2.41. The predicted molar refractivity (Wildman–Crippen MR) is 108 cm³/mol. The third-order valence-corrected chi connectivity index (χ3v) is 5.12. The van der Waals surface area contributed by atoms with Gasteiger partial charge in [-0.2, -0.15) is 0 Å². The summed E-state index contributed by atoms with van der Waals surface area (Å²) in [5.74, 6) is 0.915. The van der Waals surface area contributed by atoms with E-state index in [1.807, 2.05) is 24.3 Å². The summed E-state index contributed by atoms with van der Waals surface area (Å²) in [6.07, 6.45) is 0. The quantitative estimate of drug-likeness (QED) is 0.589. The summed E-state index contributed by atoms with van der Waals surface area (Å²) < 4.78 is 0. The van der Waals surface area contributed by atoms with Crippen molar-refractivity contribution in [3.05, 3.63) is 83.4 Å². The third kappa shape index (κ3) is 3.32. The molecule has 2 nitrogen and oxygen atoms in total. The summed E-state index contributed by atoms with van der Waals surface area (Å²) in [7, 11) is 0. The molecule has 0 aliphatic carbocycles. The van der Waals surface area contributed by atoms with Crippen LogP contribution in [0.25, 0.3) is 11.1 Å². The molecule has 0 spiro atoms. The smallest absolute Gasteiger partial charge is 0.115 e. The molecule has 3 aromatic rings. The van der Waals surface area contributed by atoms with E-state index in [0.29, 0.717) is 5.92 Å². The molecule has 3 aromatic carbocycles. The molecule has 0 saturated heterocycles. The number of benzene rings is 3. The van der Waals surface area contributed by atoms with Crippen LogP contribution in [0.15, 0.2) is 66.7 Å². The molecule has 0 fully saturated rings. The van der Waals surface area contributed by atoms with Crippen LogP contribution in [-0.4, -0.2) is 10.2 Å². The van der Waals surface area contributed by atoms with Crippen molar-refractivity contribution < 1.29 is 10.2 Å². The van der Waals surface area contributed by atoms with Crippen LogP contribution in [-0.2, 0) is 5.41 Å². The second-order valence-corrected chi connectivity index (χ2v) is 7.64. The monoisotopic (exact) mass is 346 g/mol. The second-order valence-electron chi connectivity index (χ2n) is 7.64. The van der Waals surface area contributed by atoms with E-state index in [1.165, 1.54) is 22.3 Å². The molecule has 0 aliphatic heterocycles. The summed E-state index contributed by atoms with van der Waals surface area (Å²) in [4.78, 5) is 0. The Bertz CT molecular complexity index is 888. The molecule has 0 unspecified atom stereocenters. The maximum atomic E-state index is 9.63. The van der Waals surface area contributed by atoms with E-state index >= 15 is 0 Å². The minimum Gasteiger partial charge on any atom is -0.508 e. The van der Waals surface area contributed by atoms with Gasteiger partial charge in [-0.3, -0.25) is 0 Å². The topological polar surface area (TPSA) is 40.5 Å². The van der Waals surface area contributed by atoms with E-state index in [0.717, 1.165) is 5.56 Å². The molecule has 2 N–H and O–H groups in total. The van der Waals surface area contributed by atoms with E-state index < -0.39 is 0 Å². The van der Waals surface area contributed by atoms with Crippen molar-refractivity contribution in [1.82, 2.24) is 0 Å². The molecule has 0 aliphatic rings. The van der Waals surface area contributed by atoms with Gasteiger partial charge >= 0.3 is 0 Å². The molecule has 2 heteroatoms. The van der Waals surface area contributed by atoms with Crippen LogP contribution in [0, 0.1) is 0 Å². The lowest BCUT2D eigenvalue weighted by Crippen LogP contribution is -2.21. The van der Waals surface area contributed by atoms with E-state index in [-0.39, 0.29) is 16.9 Å². The zero-order valence-electron chi connectivity index (χ0n) is 15.8. The van der Waals surface area contributed by atoms with Gasteiger partial charge in [0, 0.05) is 5.41 Å². The molecule has 0 heterocycles. The van der Waals surface area contributed by atoms with E-state index in [1.54, 1.807) is 24.3 Å². The first-order chi connectivity index (χ1) is 12.3. The molecular formula is C24H26O2. The number of hydrogen-bond acceptors (Lipinski definition) is 2. The lowest BCUT2D eigenvalue weighted by Gasteiger charge is -2.31. The van der Waals surface area contributed by atoms with Crippen molar-refractivity contribution in [1.29, 1.82) is 0 Å². The van der Waals surface area contributed by atoms with Crippen molar-refractivity contribution in [3.63, 3.8) is 0 Å². The zero-order chi connectivity index (χ0) is 18.9. The lowest BCUT2D eigenvalue weighted by molar-refractivity contribution is 0.474. The summed E-state index contributed by atoms with van der Waals surface area (Å²) in [5, 5.41) is 19.2. The molecule has 0 amide bonds. The molecule has 26 heavy (non-hydrogen) atoms. The van der Waals surface area contributed by atoms with Crippen LogP contribution < -0.4 is 0 Å². The van der Waals surface area contributed by atoms with Crippen LogP contribution in [0.1, 0.15) is 50.3 Å². The van der Waals surface area contributed by atoms with Gasteiger partial charge in [-0.05, 0) is 58.0 Å². The maximum absolute atomic E-state index is 9.63. The molecule has 3 rings (SSSR count). The fourth-order valence-corrected chi connectivity index (χ4v) is 3.66. The Hall–Kier alpha value is -2.74. The molecule has 0 aromatic heterocycles. The van der Waals surface area contributed by atoms with Crippen molar-refractivity contribution in [3.8, 4) is 22.6 Å². The molecule has 0 radical (unpaired) electrons. The van der Waals surface area contributed by atoms with Gasteiger partial charge in [0.05, 0.1) is 0 Å². The van der Waals surface area contributed by atoms with Crippen LogP contribution >= 0.6 is 0 Å². The highest BCUT2D eigenvalue weighted by molar-refractivity contribution is 5.71. The van der Waals surface area contributed by atoms with Crippen LogP contribution in [0.3, 0.4) is 0 Å². The summed E-state index contributed by atoms with van der Waals surface area (Å²) >= 11 is 0.